The minimum Gasteiger partial charge on any atom is -0.466 e. The largest absolute Gasteiger partial charge is 0.466 e. The van der Waals surface area contributed by atoms with E-state index in [1.807, 2.05) is 55.1 Å². The first-order valence-electron chi connectivity index (χ1n) is 9.63. The van der Waals surface area contributed by atoms with E-state index in [2.05, 4.69) is 24.4 Å². The van der Waals surface area contributed by atoms with Crippen molar-refractivity contribution < 1.29 is 14.3 Å². The minimum atomic E-state index is -0.999. The molecule has 0 spiro atoms. The van der Waals surface area contributed by atoms with Gasteiger partial charge in [0.1, 0.15) is 11.7 Å². The lowest BCUT2D eigenvalue weighted by atomic mass is 9.79. The quantitative estimate of drug-likeness (QED) is 0.623. The van der Waals surface area contributed by atoms with Crippen molar-refractivity contribution in [1.29, 1.82) is 0 Å². The number of hydrogen-bond acceptors (Lipinski definition) is 4. The van der Waals surface area contributed by atoms with Gasteiger partial charge in [-0.3, -0.25) is 9.69 Å². The molecule has 0 saturated carbocycles. The van der Waals surface area contributed by atoms with E-state index < -0.39 is 11.6 Å². The van der Waals surface area contributed by atoms with Gasteiger partial charge in [0.25, 0.3) is 0 Å². The van der Waals surface area contributed by atoms with E-state index >= 15 is 0 Å². The lowest BCUT2D eigenvalue weighted by Gasteiger charge is -2.55. The van der Waals surface area contributed by atoms with Gasteiger partial charge in [-0.2, -0.15) is 0 Å². The zero-order chi connectivity index (χ0) is 19.9. The van der Waals surface area contributed by atoms with Crippen LogP contribution >= 0.6 is 12.2 Å². The lowest BCUT2D eigenvalue weighted by molar-refractivity contribution is -0.159. The predicted molar refractivity (Wildman–Crippen MR) is 112 cm³/mol. The first-order chi connectivity index (χ1) is 13.5. The van der Waals surface area contributed by atoms with Gasteiger partial charge in [-0.25, -0.2) is 0 Å². The van der Waals surface area contributed by atoms with E-state index in [9.17, 15) is 4.79 Å². The molecule has 0 amide bonds. The molecule has 6 heteroatoms. The highest BCUT2D eigenvalue weighted by Gasteiger charge is 2.59. The number of nitrogens with zero attached hydrogens (tertiary/aromatic N) is 1. The van der Waals surface area contributed by atoms with E-state index in [-0.39, 0.29) is 12.0 Å². The van der Waals surface area contributed by atoms with Crippen molar-refractivity contribution in [1.82, 2.24) is 5.32 Å². The molecule has 2 aliphatic rings. The van der Waals surface area contributed by atoms with E-state index in [0.29, 0.717) is 11.7 Å². The molecule has 0 unspecified atom stereocenters. The molecule has 3 atom stereocenters. The molecule has 1 saturated heterocycles. The highest BCUT2D eigenvalue weighted by Crippen LogP contribution is 2.49. The van der Waals surface area contributed by atoms with Crippen LogP contribution in [0.4, 0.5) is 5.69 Å². The molecule has 28 heavy (non-hydrogen) atoms. The fraction of sp³-hybridized carbons (Fsp3) is 0.364. The number of nitrogens with one attached hydrogen (secondary N) is 1. The molecule has 1 N–H and O–H groups in total. The Morgan fingerprint density at radius 2 is 1.93 bits per heavy atom. The summed E-state index contributed by atoms with van der Waals surface area (Å²) >= 11 is 5.71. The number of carbonyl (C=O) groups is 1. The SMILES string of the molecule is CCOC(=O)[C@@H]1[C@H]2NC(=S)N(c3ccc(CC)cc3)[C@@]1(C)Oc1ccccc12. The first kappa shape index (κ1) is 18.7. The number of thiocarbonyl (C=S) groups is 1. The van der Waals surface area contributed by atoms with Gasteiger partial charge in [0.2, 0.25) is 5.72 Å². The number of carbonyl (C=O) groups excluding carboxylic acids is 1. The van der Waals surface area contributed by atoms with Gasteiger partial charge in [0.05, 0.1) is 12.6 Å². The van der Waals surface area contributed by atoms with Gasteiger partial charge in [0.15, 0.2) is 5.11 Å². The summed E-state index contributed by atoms with van der Waals surface area (Å²) in [6, 6.07) is 15.6. The van der Waals surface area contributed by atoms with Crippen molar-refractivity contribution in [3.63, 3.8) is 0 Å². The second-order valence-electron chi connectivity index (χ2n) is 7.21. The van der Waals surface area contributed by atoms with Crippen LogP contribution in [0.25, 0.3) is 0 Å². The van der Waals surface area contributed by atoms with E-state index in [1.54, 1.807) is 0 Å². The van der Waals surface area contributed by atoms with E-state index in [1.165, 1.54) is 5.56 Å². The highest BCUT2D eigenvalue weighted by atomic mass is 32.1. The molecule has 2 heterocycles. The minimum absolute atomic E-state index is 0.297. The zero-order valence-electron chi connectivity index (χ0n) is 16.3. The van der Waals surface area contributed by atoms with Gasteiger partial charge in [0, 0.05) is 11.3 Å². The fourth-order valence-corrected chi connectivity index (χ4v) is 4.61. The number of anilines is 1. The molecule has 146 valence electrons. The Morgan fingerprint density at radius 1 is 1.21 bits per heavy atom. The number of para-hydroxylation sites is 1. The Balaban J connectivity index is 1.85. The molecule has 2 aliphatic heterocycles. The Bertz CT molecular complexity index is 914. The molecule has 4 rings (SSSR count). The van der Waals surface area contributed by atoms with Crippen molar-refractivity contribution in [2.75, 3.05) is 11.5 Å². The van der Waals surface area contributed by atoms with Gasteiger partial charge >= 0.3 is 5.97 Å². The number of esters is 1. The molecule has 5 nitrogen and oxygen atoms in total. The predicted octanol–water partition coefficient (Wildman–Crippen LogP) is 3.97. The molecule has 0 radical (unpaired) electrons. The zero-order valence-corrected chi connectivity index (χ0v) is 17.1. The summed E-state index contributed by atoms with van der Waals surface area (Å²) in [5.74, 6) is -0.115. The number of ether oxygens (including phenoxy) is 2. The van der Waals surface area contributed by atoms with Crippen LogP contribution in [-0.2, 0) is 16.0 Å². The Hall–Kier alpha value is -2.60. The molecule has 1 fully saturated rings. The summed E-state index contributed by atoms with van der Waals surface area (Å²) in [6.07, 6.45) is 0.956. The molecule has 2 bridgehead atoms. The van der Waals surface area contributed by atoms with Crippen molar-refractivity contribution >= 4 is 29.0 Å². The maximum Gasteiger partial charge on any atom is 0.317 e. The van der Waals surface area contributed by atoms with Gasteiger partial charge in [-0.15, -0.1) is 0 Å². The summed E-state index contributed by atoms with van der Waals surface area (Å²) in [5.41, 5.74) is 2.03. The molecule has 2 aromatic carbocycles. The Labute approximate surface area is 170 Å². The lowest BCUT2D eigenvalue weighted by Crippen LogP contribution is -2.71. The summed E-state index contributed by atoms with van der Waals surface area (Å²) < 4.78 is 11.9. The average molecular weight is 397 g/mol. The number of fused-ring (bicyclic) bond motifs is 4. The van der Waals surface area contributed by atoms with Crippen molar-refractivity contribution in [2.45, 2.75) is 39.0 Å². The third-order valence-corrected chi connectivity index (χ3v) is 5.85. The molecular formula is C22H24N2O3S. The number of aryl methyl sites for hydroxylation is 1. The monoisotopic (exact) mass is 396 g/mol. The van der Waals surface area contributed by atoms with Crippen LogP contribution in [0, 0.1) is 5.92 Å². The highest BCUT2D eigenvalue weighted by molar-refractivity contribution is 7.80. The third kappa shape index (κ3) is 2.83. The molecular weight excluding hydrogens is 372 g/mol. The van der Waals surface area contributed by atoms with Crippen LogP contribution in [0.5, 0.6) is 5.75 Å². The molecule has 0 aromatic heterocycles. The fourth-order valence-electron chi connectivity index (χ4n) is 4.19. The van der Waals surface area contributed by atoms with Crippen molar-refractivity contribution in [2.24, 2.45) is 5.92 Å². The van der Waals surface area contributed by atoms with Crippen LogP contribution < -0.4 is 15.0 Å². The second kappa shape index (κ2) is 7.09. The van der Waals surface area contributed by atoms with E-state index in [4.69, 9.17) is 21.7 Å². The third-order valence-electron chi connectivity index (χ3n) is 5.55. The van der Waals surface area contributed by atoms with Crippen molar-refractivity contribution in [3.8, 4) is 5.75 Å². The van der Waals surface area contributed by atoms with Crippen LogP contribution in [0.3, 0.4) is 0 Å². The van der Waals surface area contributed by atoms with Gasteiger partial charge in [-0.1, -0.05) is 37.3 Å². The molecule has 2 aromatic rings. The van der Waals surface area contributed by atoms with Crippen LogP contribution in [0.1, 0.15) is 37.9 Å². The first-order valence-corrected chi connectivity index (χ1v) is 10.0. The normalized spacial score (nSPS) is 25.4. The smallest absolute Gasteiger partial charge is 0.317 e. The van der Waals surface area contributed by atoms with Gasteiger partial charge < -0.3 is 14.8 Å². The standard InChI is InChI=1S/C22H24N2O3S/c1-4-14-10-12-15(13-11-14)24-21(28)23-19-16-8-6-7-9-17(16)27-22(24,3)18(19)20(25)26-5-2/h6-13,18-19H,4-5H2,1-3H3,(H,23,28)/t18-,19-,22-/m0/s1. The molecule has 0 aliphatic carbocycles. The number of benzene rings is 2. The Morgan fingerprint density at radius 3 is 2.61 bits per heavy atom. The van der Waals surface area contributed by atoms with Crippen LogP contribution in [0.15, 0.2) is 48.5 Å². The van der Waals surface area contributed by atoms with Crippen LogP contribution in [0.2, 0.25) is 0 Å². The summed E-state index contributed by atoms with van der Waals surface area (Å²) in [4.78, 5) is 14.9. The topological polar surface area (TPSA) is 50.8 Å². The summed E-state index contributed by atoms with van der Waals surface area (Å²) in [6.45, 7) is 6.16. The number of hydrogen-bond donors (Lipinski definition) is 1. The summed E-state index contributed by atoms with van der Waals surface area (Å²) in [7, 11) is 0. The number of rotatable bonds is 4. The van der Waals surface area contributed by atoms with Crippen LogP contribution in [-0.4, -0.2) is 23.4 Å². The van der Waals surface area contributed by atoms with E-state index in [0.717, 1.165) is 23.4 Å². The Kier molecular flexibility index (Phi) is 4.75. The summed E-state index contributed by atoms with van der Waals surface area (Å²) in [5, 5.41) is 3.91. The maximum atomic E-state index is 13.0. The van der Waals surface area contributed by atoms with Gasteiger partial charge in [-0.05, 0) is 56.2 Å². The second-order valence-corrected chi connectivity index (χ2v) is 7.59. The maximum absolute atomic E-state index is 13.0. The average Bonchev–Trinajstić information content (AvgIpc) is 2.68. The van der Waals surface area contributed by atoms with Crippen molar-refractivity contribution in [3.05, 3.63) is 59.7 Å².